The van der Waals surface area contributed by atoms with Gasteiger partial charge in [0.25, 0.3) is 0 Å². The van der Waals surface area contributed by atoms with E-state index in [1.165, 1.54) is 18.5 Å². The van der Waals surface area contributed by atoms with E-state index >= 15 is 0 Å². The van der Waals surface area contributed by atoms with Gasteiger partial charge in [-0.05, 0) is 23.3 Å². The van der Waals surface area contributed by atoms with Crippen LogP contribution in [0.15, 0.2) is 55.0 Å². The van der Waals surface area contributed by atoms with E-state index in [0.717, 1.165) is 11.5 Å². The Balaban J connectivity index is 2.21. The molecule has 0 amide bonds. The van der Waals surface area contributed by atoms with E-state index in [4.69, 9.17) is 0 Å². The number of alkyl halides is 3. The normalized spacial score (nSPS) is 11.8. The van der Waals surface area contributed by atoms with Gasteiger partial charge in [0.2, 0.25) is 0 Å². The van der Waals surface area contributed by atoms with E-state index in [1.807, 2.05) is 0 Å². The highest BCUT2D eigenvalue weighted by atomic mass is 19.4. The molecule has 2 aromatic carbocycles. The summed E-state index contributed by atoms with van der Waals surface area (Å²) < 4.78 is 39.1. The maximum atomic E-state index is 13.0. The monoisotopic (exact) mass is 274 g/mol. The quantitative estimate of drug-likeness (QED) is 0.660. The fourth-order valence-electron chi connectivity index (χ4n) is 2.12. The van der Waals surface area contributed by atoms with Crippen LogP contribution in [-0.4, -0.2) is 9.97 Å². The molecule has 0 radical (unpaired) electrons. The smallest absolute Gasteiger partial charge is 0.244 e. The summed E-state index contributed by atoms with van der Waals surface area (Å²) in [5.74, 6) is 0. The molecule has 1 aromatic heterocycles. The van der Waals surface area contributed by atoms with Gasteiger partial charge in [-0.2, -0.15) is 13.2 Å². The van der Waals surface area contributed by atoms with Gasteiger partial charge in [0, 0.05) is 11.6 Å². The van der Waals surface area contributed by atoms with Crippen molar-refractivity contribution in [2.45, 2.75) is 6.18 Å². The van der Waals surface area contributed by atoms with Crippen molar-refractivity contribution < 1.29 is 13.2 Å². The third-order valence-corrected chi connectivity index (χ3v) is 3.05. The van der Waals surface area contributed by atoms with Crippen LogP contribution in [0.4, 0.5) is 13.2 Å². The molecule has 0 aliphatic rings. The molecule has 0 fully saturated rings. The molecule has 0 spiro atoms. The number of rotatable bonds is 1. The summed E-state index contributed by atoms with van der Waals surface area (Å²) >= 11 is 0. The van der Waals surface area contributed by atoms with Crippen LogP contribution in [0.1, 0.15) is 5.56 Å². The Labute approximate surface area is 112 Å². The SMILES string of the molecule is FC(F)(F)c1ccccc1-c1ccc2cncnc2c1. The van der Waals surface area contributed by atoms with Gasteiger partial charge in [-0.25, -0.2) is 9.97 Å². The van der Waals surface area contributed by atoms with Gasteiger partial charge in [-0.3, -0.25) is 0 Å². The lowest BCUT2D eigenvalue weighted by atomic mass is 9.98. The highest BCUT2D eigenvalue weighted by molar-refractivity contribution is 5.84. The topological polar surface area (TPSA) is 25.8 Å². The molecular formula is C15H9F3N2. The molecule has 3 rings (SSSR count). The zero-order valence-electron chi connectivity index (χ0n) is 10.2. The third kappa shape index (κ3) is 2.22. The van der Waals surface area contributed by atoms with Crippen LogP contribution in [0, 0.1) is 0 Å². The summed E-state index contributed by atoms with van der Waals surface area (Å²) in [7, 11) is 0. The summed E-state index contributed by atoms with van der Waals surface area (Å²) in [6.45, 7) is 0. The largest absolute Gasteiger partial charge is 0.417 e. The standard InChI is InChI=1S/C15H9F3N2/c16-15(17,18)13-4-2-1-3-12(13)10-5-6-11-8-19-9-20-14(11)7-10/h1-9H. The fraction of sp³-hybridized carbons (Fsp3) is 0.0667. The van der Waals surface area contributed by atoms with Gasteiger partial charge in [-0.1, -0.05) is 30.3 Å². The first-order chi connectivity index (χ1) is 9.55. The molecule has 0 saturated heterocycles. The molecule has 0 unspecified atom stereocenters. The number of nitrogens with zero attached hydrogens (tertiary/aromatic N) is 2. The van der Waals surface area contributed by atoms with E-state index in [9.17, 15) is 13.2 Å². The Morgan fingerprint density at radius 1 is 0.950 bits per heavy atom. The lowest BCUT2D eigenvalue weighted by Gasteiger charge is -2.13. The number of aromatic nitrogens is 2. The lowest BCUT2D eigenvalue weighted by Crippen LogP contribution is -2.06. The van der Waals surface area contributed by atoms with Crippen molar-refractivity contribution in [3.8, 4) is 11.1 Å². The summed E-state index contributed by atoms with van der Waals surface area (Å²) in [5.41, 5.74) is 0.618. The van der Waals surface area contributed by atoms with Crippen molar-refractivity contribution >= 4 is 10.9 Å². The second-order valence-electron chi connectivity index (χ2n) is 4.34. The van der Waals surface area contributed by atoms with Crippen molar-refractivity contribution in [1.29, 1.82) is 0 Å². The van der Waals surface area contributed by atoms with Crippen LogP contribution in [0.25, 0.3) is 22.0 Å². The molecule has 100 valence electrons. The van der Waals surface area contributed by atoms with Crippen LogP contribution in [0.2, 0.25) is 0 Å². The summed E-state index contributed by atoms with van der Waals surface area (Å²) in [6, 6.07) is 10.5. The summed E-state index contributed by atoms with van der Waals surface area (Å²) in [6.07, 6.45) is -1.37. The molecule has 5 heteroatoms. The summed E-state index contributed by atoms with van der Waals surface area (Å²) in [5, 5.41) is 0.792. The second-order valence-corrected chi connectivity index (χ2v) is 4.34. The zero-order chi connectivity index (χ0) is 14.2. The van der Waals surface area contributed by atoms with Gasteiger partial charge in [0.15, 0.2) is 0 Å². The average molecular weight is 274 g/mol. The molecule has 0 aliphatic heterocycles. The molecule has 2 nitrogen and oxygen atoms in total. The van der Waals surface area contributed by atoms with Crippen LogP contribution >= 0.6 is 0 Å². The minimum Gasteiger partial charge on any atom is -0.244 e. The first-order valence-corrected chi connectivity index (χ1v) is 5.92. The molecule has 0 saturated carbocycles. The maximum absolute atomic E-state index is 13.0. The highest BCUT2D eigenvalue weighted by Crippen LogP contribution is 2.37. The molecule has 0 atom stereocenters. The molecule has 0 bridgehead atoms. The predicted molar refractivity (Wildman–Crippen MR) is 70.0 cm³/mol. The van der Waals surface area contributed by atoms with Crippen LogP contribution in [0.5, 0.6) is 0 Å². The molecule has 3 aromatic rings. The number of fused-ring (bicyclic) bond motifs is 1. The lowest BCUT2D eigenvalue weighted by molar-refractivity contribution is -0.137. The van der Waals surface area contributed by atoms with Crippen LogP contribution in [-0.2, 0) is 6.18 Å². The Hall–Kier alpha value is -2.43. The Morgan fingerprint density at radius 3 is 2.55 bits per heavy atom. The molecular weight excluding hydrogens is 265 g/mol. The first kappa shape index (κ1) is 12.6. The predicted octanol–water partition coefficient (Wildman–Crippen LogP) is 4.32. The molecule has 1 heterocycles. The van der Waals surface area contributed by atoms with Crippen molar-refractivity contribution in [2.75, 3.05) is 0 Å². The third-order valence-electron chi connectivity index (χ3n) is 3.05. The number of benzene rings is 2. The Bertz CT molecular complexity index is 766. The van der Waals surface area contributed by atoms with Gasteiger partial charge in [0.05, 0.1) is 11.1 Å². The van der Waals surface area contributed by atoms with E-state index in [2.05, 4.69) is 9.97 Å². The van der Waals surface area contributed by atoms with E-state index in [-0.39, 0.29) is 5.56 Å². The van der Waals surface area contributed by atoms with Crippen LogP contribution < -0.4 is 0 Å². The zero-order valence-corrected chi connectivity index (χ0v) is 10.2. The fourth-order valence-corrected chi connectivity index (χ4v) is 2.12. The van der Waals surface area contributed by atoms with Crippen molar-refractivity contribution in [3.63, 3.8) is 0 Å². The summed E-state index contributed by atoms with van der Waals surface area (Å²) in [4.78, 5) is 7.95. The van der Waals surface area contributed by atoms with Gasteiger partial charge >= 0.3 is 6.18 Å². The molecule has 0 aliphatic carbocycles. The van der Waals surface area contributed by atoms with Crippen molar-refractivity contribution in [3.05, 3.63) is 60.6 Å². The number of hydrogen-bond acceptors (Lipinski definition) is 2. The van der Waals surface area contributed by atoms with E-state index < -0.39 is 11.7 Å². The van der Waals surface area contributed by atoms with Gasteiger partial charge in [-0.15, -0.1) is 0 Å². The first-order valence-electron chi connectivity index (χ1n) is 5.92. The van der Waals surface area contributed by atoms with E-state index in [0.29, 0.717) is 11.1 Å². The maximum Gasteiger partial charge on any atom is 0.417 e. The molecule has 20 heavy (non-hydrogen) atoms. The molecule has 0 N–H and O–H groups in total. The second kappa shape index (κ2) is 4.59. The highest BCUT2D eigenvalue weighted by Gasteiger charge is 2.33. The minimum absolute atomic E-state index is 0.153. The van der Waals surface area contributed by atoms with Crippen molar-refractivity contribution in [1.82, 2.24) is 9.97 Å². The Morgan fingerprint density at radius 2 is 1.75 bits per heavy atom. The van der Waals surface area contributed by atoms with Gasteiger partial charge < -0.3 is 0 Å². The minimum atomic E-state index is -4.38. The number of hydrogen-bond donors (Lipinski definition) is 0. The number of halogens is 3. The van der Waals surface area contributed by atoms with Crippen LogP contribution in [0.3, 0.4) is 0 Å². The Kier molecular flexibility index (Phi) is 2.89. The van der Waals surface area contributed by atoms with Crippen molar-refractivity contribution in [2.24, 2.45) is 0 Å². The van der Waals surface area contributed by atoms with Gasteiger partial charge in [0.1, 0.15) is 6.33 Å². The van der Waals surface area contributed by atoms with E-state index in [1.54, 1.807) is 30.5 Å². The average Bonchev–Trinajstić information content (AvgIpc) is 2.46.